The molecule has 1 aromatic heterocycles. The Balaban J connectivity index is 2.40. The van der Waals surface area contributed by atoms with Gasteiger partial charge in [0.1, 0.15) is 6.79 Å². The van der Waals surface area contributed by atoms with Crippen molar-refractivity contribution in [2.75, 3.05) is 13.4 Å². The van der Waals surface area contributed by atoms with Crippen molar-refractivity contribution in [1.82, 2.24) is 4.98 Å². The number of ether oxygens (including phenoxy) is 2. The molecule has 1 rings (SSSR count). The van der Waals surface area contributed by atoms with Gasteiger partial charge in [-0.3, -0.25) is 4.98 Å². The Morgan fingerprint density at radius 3 is 2.15 bits per heavy atom. The van der Waals surface area contributed by atoms with Gasteiger partial charge in [-0.2, -0.15) is 0 Å². The van der Waals surface area contributed by atoms with Gasteiger partial charge in [0.25, 0.3) is 0 Å². The molecule has 0 aliphatic heterocycles. The Bertz CT molecular complexity index is 453. The van der Waals surface area contributed by atoms with Crippen LogP contribution in [0.3, 0.4) is 0 Å². The summed E-state index contributed by atoms with van der Waals surface area (Å²) in [6.45, 7) is 17.2. The number of hydrogen-bond donors (Lipinski definition) is 0. The summed E-state index contributed by atoms with van der Waals surface area (Å²) in [6, 6.07) is 1.18. The van der Waals surface area contributed by atoms with Crippen LogP contribution in [0.25, 0.3) is 0 Å². The van der Waals surface area contributed by atoms with Crippen molar-refractivity contribution >= 4 is 8.07 Å². The fourth-order valence-electron chi connectivity index (χ4n) is 1.91. The molecule has 0 aliphatic carbocycles. The van der Waals surface area contributed by atoms with Crippen molar-refractivity contribution in [3.05, 3.63) is 28.1 Å². The largest absolute Gasteiger partial charge is 0.356 e. The first kappa shape index (κ1) is 17.3. The van der Waals surface area contributed by atoms with E-state index >= 15 is 0 Å². The van der Waals surface area contributed by atoms with Crippen molar-refractivity contribution in [2.24, 2.45) is 0 Å². The topological polar surface area (TPSA) is 31.4 Å². The number of rotatable bonds is 7. The lowest BCUT2D eigenvalue weighted by atomic mass is 10.0. The smallest absolute Gasteiger partial charge is 0.147 e. The number of nitrogens with zero attached hydrogens (tertiary/aromatic N) is 1. The van der Waals surface area contributed by atoms with E-state index in [4.69, 9.17) is 9.47 Å². The molecule has 0 fully saturated rings. The first-order chi connectivity index (χ1) is 9.22. The highest BCUT2D eigenvalue weighted by Crippen LogP contribution is 2.18. The molecule has 3 nitrogen and oxygen atoms in total. The standard InChI is InChI=1S/C16H29NO2Si/c1-12-13(2)15(4)17-16(14(12)3)10-19-11-18-8-9-20(5,6)7/h8-11H2,1-7H3. The number of aromatic nitrogens is 1. The van der Waals surface area contributed by atoms with E-state index < -0.39 is 8.07 Å². The second kappa shape index (κ2) is 7.34. The average molecular weight is 295 g/mol. The van der Waals surface area contributed by atoms with Crippen molar-refractivity contribution in [3.63, 3.8) is 0 Å². The van der Waals surface area contributed by atoms with Gasteiger partial charge in [0.15, 0.2) is 0 Å². The van der Waals surface area contributed by atoms with E-state index in [1.165, 1.54) is 22.7 Å². The minimum Gasteiger partial charge on any atom is -0.356 e. The Morgan fingerprint density at radius 1 is 0.900 bits per heavy atom. The van der Waals surface area contributed by atoms with Gasteiger partial charge >= 0.3 is 0 Å². The predicted octanol–water partition coefficient (Wildman–Crippen LogP) is 4.14. The Hall–Kier alpha value is -0.713. The third-order valence-electron chi connectivity index (χ3n) is 3.81. The fraction of sp³-hybridized carbons (Fsp3) is 0.688. The summed E-state index contributed by atoms with van der Waals surface area (Å²) >= 11 is 0. The Labute approximate surface area is 124 Å². The first-order valence-corrected chi connectivity index (χ1v) is 11.0. The van der Waals surface area contributed by atoms with Gasteiger partial charge in [-0.25, -0.2) is 0 Å². The summed E-state index contributed by atoms with van der Waals surface area (Å²) in [6.07, 6.45) is 0. The molecule has 0 spiro atoms. The molecule has 0 radical (unpaired) electrons. The van der Waals surface area contributed by atoms with Gasteiger partial charge in [-0.1, -0.05) is 19.6 Å². The van der Waals surface area contributed by atoms with Crippen molar-refractivity contribution in [2.45, 2.75) is 60.0 Å². The molecule has 0 atom stereocenters. The molecular weight excluding hydrogens is 266 g/mol. The summed E-state index contributed by atoms with van der Waals surface area (Å²) in [5.41, 5.74) is 5.94. The second-order valence-electron chi connectivity index (χ2n) is 6.70. The molecule has 0 unspecified atom stereocenters. The van der Waals surface area contributed by atoms with E-state index in [2.05, 4.69) is 52.3 Å². The summed E-state index contributed by atoms with van der Waals surface area (Å²) in [5, 5.41) is 0. The lowest BCUT2D eigenvalue weighted by Gasteiger charge is -2.16. The van der Waals surface area contributed by atoms with Gasteiger partial charge in [0, 0.05) is 20.4 Å². The highest BCUT2D eigenvalue weighted by molar-refractivity contribution is 6.76. The van der Waals surface area contributed by atoms with E-state index in [-0.39, 0.29) is 0 Å². The van der Waals surface area contributed by atoms with E-state index in [0.717, 1.165) is 18.0 Å². The second-order valence-corrected chi connectivity index (χ2v) is 12.3. The van der Waals surface area contributed by atoms with Crippen LogP contribution in [0.15, 0.2) is 0 Å². The number of hydrogen-bond acceptors (Lipinski definition) is 3. The lowest BCUT2D eigenvalue weighted by molar-refractivity contribution is -0.0584. The third kappa shape index (κ3) is 5.35. The zero-order chi connectivity index (χ0) is 15.3. The maximum Gasteiger partial charge on any atom is 0.147 e. The van der Waals surface area contributed by atoms with Crippen LogP contribution in [-0.4, -0.2) is 26.5 Å². The summed E-state index contributed by atoms with van der Waals surface area (Å²) in [7, 11) is -1.00. The van der Waals surface area contributed by atoms with Crippen LogP contribution in [0.2, 0.25) is 25.7 Å². The maximum atomic E-state index is 5.60. The van der Waals surface area contributed by atoms with Crippen LogP contribution in [0.5, 0.6) is 0 Å². The highest BCUT2D eigenvalue weighted by atomic mass is 28.3. The minimum absolute atomic E-state index is 0.359. The highest BCUT2D eigenvalue weighted by Gasteiger charge is 2.12. The van der Waals surface area contributed by atoms with Gasteiger partial charge in [0.05, 0.1) is 12.3 Å². The van der Waals surface area contributed by atoms with Crippen molar-refractivity contribution < 1.29 is 9.47 Å². The zero-order valence-electron chi connectivity index (χ0n) is 14.1. The molecule has 0 saturated carbocycles. The lowest BCUT2D eigenvalue weighted by Crippen LogP contribution is -2.22. The van der Waals surface area contributed by atoms with E-state index in [9.17, 15) is 0 Å². The van der Waals surface area contributed by atoms with Crippen LogP contribution in [0.4, 0.5) is 0 Å². The normalized spacial score (nSPS) is 11.9. The SMILES string of the molecule is Cc1nc(COCOCC[Si](C)(C)C)c(C)c(C)c1C. The third-order valence-corrected chi connectivity index (χ3v) is 5.51. The van der Waals surface area contributed by atoms with E-state index in [0.29, 0.717) is 13.4 Å². The van der Waals surface area contributed by atoms with Gasteiger partial charge in [-0.05, 0) is 50.4 Å². The molecule has 20 heavy (non-hydrogen) atoms. The number of pyridine rings is 1. The average Bonchev–Trinajstić information content (AvgIpc) is 2.35. The van der Waals surface area contributed by atoms with Gasteiger partial charge in [0.2, 0.25) is 0 Å². The predicted molar refractivity (Wildman–Crippen MR) is 86.9 cm³/mol. The molecule has 1 heterocycles. The molecular formula is C16H29NO2Si. The maximum absolute atomic E-state index is 5.60. The fourth-order valence-corrected chi connectivity index (χ4v) is 2.67. The molecule has 0 aromatic carbocycles. The van der Waals surface area contributed by atoms with Gasteiger partial charge < -0.3 is 9.47 Å². The summed E-state index contributed by atoms with van der Waals surface area (Å²) in [5.74, 6) is 0. The molecule has 4 heteroatoms. The molecule has 0 N–H and O–H groups in total. The molecule has 114 valence electrons. The first-order valence-electron chi connectivity index (χ1n) is 7.31. The number of aryl methyl sites for hydroxylation is 1. The molecule has 0 amide bonds. The van der Waals surface area contributed by atoms with Crippen LogP contribution in [-0.2, 0) is 16.1 Å². The Kier molecular flexibility index (Phi) is 6.36. The van der Waals surface area contributed by atoms with Crippen LogP contribution in [0, 0.1) is 27.7 Å². The monoisotopic (exact) mass is 295 g/mol. The zero-order valence-corrected chi connectivity index (χ0v) is 15.1. The van der Waals surface area contributed by atoms with Crippen molar-refractivity contribution in [1.29, 1.82) is 0 Å². The molecule has 0 aliphatic rings. The summed E-state index contributed by atoms with van der Waals surface area (Å²) < 4.78 is 11.1. The van der Waals surface area contributed by atoms with Crippen LogP contribution >= 0.6 is 0 Å². The van der Waals surface area contributed by atoms with Crippen LogP contribution < -0.4 is 0 Å². The molecule has 0 saturated heterocycles. The van der Waals surface area contributed by atoms with Crippen LogP contribution in [0.1, 0.15) is 28.1 Å². The molecule has 0 bridgehead atoms. The summed E-state index contributed by atoms with van der Waals surface area (Å²) in [4.78, 5) is 4.62. The van der Waals surface area contributed by atoms with E-state index in [1.54, 1.807) is 0 Å². The Morgan fingerprint density at radius 2 is 1.55 bits per heavy atom. The minimum atomic E-state index is -1.00. The van der Waals surface area contributed by atoms with Gasteiger partial charge in [-0.15, -0.1) is 0 Å². The van der Waals surface area contributed by atoms with Crippen molar-refractivity contribution in [3.8, 4) is 0 Å². The quantitative estimate of drug-likeness (QED) is 0.430. The van der Waals surface area contributed by atoms with E-state index in [1.807, 2.05) is 0 Å². The molecule has 1 aromatic rings.